The van der Waals surface area contributed by atoms with Crippen LogP contribution in [0.25, 0.3) is 0 Å². The van der Waals surface area contributed by atoms with E-state index in [0.717, 1.165) is 55.7 Å². The molecule has 0 saturated heterocycles. The van der Waals surface area contributed by atoms with Gasteiger partial charge < -0.3 is 9.94 Å². The largest absolute Gasteiger partial charge is 0.393 e. The quantitative estimate of drug-likeness (QED) is 0.888. The summed E-state index contributed by atoms with van der Waals surface area (Å²) in [5.74, 6) is 0. The van der Waals surface area contributed by atoms with Gasteiger partial charge in [-0.3, -0.25) is 4.68 Å². The van der Waals surface area contributed by atoms with E-state index < -0.39 is 0 Å². The Bertz CT molecular complexity index is 499. The molecule has 1 aromatic heterocycles. The number of aliphatic hydroxyl groups is 1. The van der Waals surface area contributed by atoms with E-state index in [1.165, 1.54) is 0 Å². The van der Waals surface area contributed by atoms with Gasteiger partial charge >= 0.3 is 0 Å². The molecule has 1 N–H and O–H groups in total. The maximum absolute atomic E-state index is 9.61. The van der Waals surface area contributed by atoms with Crippen molar-refractivity contribution in [1.82, 2.24) is 9.78 Å². The van der Waals surface area contributed by atoms with Gasteiger partial charge in [-0.1, -0.05) is 5.16 Å². The summed E-state index contributed by atoms with van der Waals surface area (Å²) < 4.78 is 1.98. The SMILES string of the molecule is CCn1nc(C)cc1C1=NOC2(CCC(O)CC2)C1. The maximum Gasteiger partial charge on any atom is 0.143 e. The highest BCUT2D eigenvalue weighted by Gasteiger charge is 2.43. The number of hydrogen-bond acceptors (Lipinski definition) is 4. The number of nitrogens with zero attached hydrogens (tertiary/aromatic N) is 3. The minimum absolute atomic E-state index is 0.165. The van der Waals surface area contributed by atoms with Crippen molar-refractivity contribution in [3.63, 3.8) is 0 Å². The highest BCUT2D eigenvalue weighted by Crippen LogP contribution is 2.39. The van der Waals surface area contributed by atoms with Crippen LogP contribution < -0.4 is 0 Å². The van der Waals surface area contributed by atoms with Crippen LogP contribution in [-0.2, 0) is 11.4 Å². The highest BCUT2D eigenvalue weighted by atomic mass is 16.7. The van der Waals surface area contributed by atoms with Crippen LogP contribution in [0.4, 0.5) is 0 Å². The fraction of sp³-hybridized carbons (Fsp3) is 0.714. The van der Waals surface area contributed by atoms with Crippen molar-refractivity contribution in [2.75, 3.05) is 0 Å². The lowest BCUT2D eigenvalue weighted by Gasteiger charge is -2.32. The van der Waals surface area contributed by atoms with E-state index >= 15 is 0 Å². The van der Waals surface area contributed by atoms with Crippen LogP contribution in [0, 0.1) is 6.92 Å². The minimum Gasteiger partial charge on any atom is -0.393 e. The van der Waals surface area contributed by atoms with E-state index in [2.05, 4.69) is 23.2 Å². The monoisotopic (exact) mass is 263 g/mol. The number of rotatable bonds is 2. The van der Waals surface area contributed by atoms with E-state index in [1.807, 2.05) is 11.6 Å². The van der Waals surface area contributed by atoms with Crippen molar-refractivity contribution in [1.29, 1.82) is 0 Å². The van der Waals surface area contributed by atoms with Gasteiger partial charge in [0.05, 0.1) is 17.5 Å². The van der Waals surface area contributed by atoms with Crippen molar-refractivity contribution in [2.45, 2.75) is 64.2 Å². The number of hydrogen-bond donors (Lipinski definition) is 1. The highest BCUT2D eigenvalue weighted by molar-refractivity contribution is 6.00. The zero-order valence-electron chi connectivity index (χ0n) is 11.6. The first-order valence-corrected chi connectivity index (χ1v) is 7.10. The van der Waals surface area contributed by atoms with Crippen molar-refractivity contribution >= 4 is 5.71 Å². The number of aromatic nitrogens is 2. The molecule has 1 fully saturated rings. The summed E-state index contributed by atoms with van der Waals surface area (Å²) in [6.07, 6.45) is 4.08. The lowest BCUT2D eigenvalue weighted by molar-refractivity contribution is -0.0676. The average Bonchev–Trinajstić information content (AvgIpc) is 2.97. The van der Waals surface area contributed by atoms with Crippen LogP contribution in [0.3, 0.4) is 0 Å². The van der Waals surface area contributed by atoms with Gasteiger partial charge in [-0.05, 0) is 45.6 Å². The molecule has 0 amide bonds. The van der Waals surface area contributed by atoms with Gasteiger partial charge in [-0.2, -0.15) is 5.10 Å². The van der Waals surface area contributed by atoms with E-state index in [9.17, 15) is 5.11 Å². The molecule has 5 nitrogen and oxygen atoms in total. The van der Waals surface area contributed by atoms with Gasteiger partial charge in [0.1, 0.15) is 11.3 Å². The average molecular weight is 263 g/mol. The molecule has 0 radical (unpaired) electrons. The first-order valence-electron chi connectivity index (χ1n) is 7.10. The molecule has 1 aliphatic heterocycles. The van der Waals surface area contributed by atoms with Crippen LogP contribution in [0.1, 0.15) is 50.4 Å². The Morgan fingerprint density at radius 1 is 1.47 bits per heavy atom. The Kier molecular flexibility index (Phi) is 3.09. The third-order valence-corrected chi connectivity index (χ3v) is 4.20. The lowest BCUT2D eigenvalue weighted by Crippen LogP contribution is -2.36. The van der Waals surface area contributed by atoms with Gasteiger partial charge in [0.2, 0.25) is 0 Å². The molecular formula is C14H21N3O2. The van der Waals surface area contributed by atoms with Crippen LogP contribution in [0.15, 0.2) is 11.2 Å². The minimum atomic E-state index is -0.175. The summed E-state index contributed by atoms with van der Waals surface area (Å²) in [6, 6.07) is 2.07. The topological polar surface area (TPSA) is 59.6 Å². The van der Waals surface area contributed by atoms with E-state index in [4.69, 9.17) is 4.84 Å². The summed E-state index contributed by atoms with van der Waals surface area (Å²) in [7, 11) is 0. The molecule has 5 heteroatoms. The molecule has 0 unspecified atom stereocenters. The number of aliphatic hydroxyl groups excluding tert-OH is 1. The molecular weight excluding hydrogens is 242 g/mol. The molecule has 0 atom stereocenters. The molecule has 0 aromatic carbocycles. The lowest BCUT2D eigenvalue weighted by atomic mass is 9.80. The Hall–Kier alpha value is -1.36. The molecule has 3 rings (SSSR count). The fourth-order valence-corrected chi connectivity index (χ4v) is 3.07. The summed E-state index contributed by atoms with van der Waals surface area (Å²) in [6.45, 7) is 4.92. The molecule has 104 valence electrons. The van der Waals surface area contributed by atoms with Gasteiger partial charge in [-0.15, -0.1) is 0 Å². The summed E-state index contributed by atoms with van der Waals surface area (Å²) in [4.78, 5) is 5.74. The van der Waals surface area contributed by atoms with E-state index in [-0.39, 0.29) is 11.7 Å². The Labute approximate surface area is 113 Å². The van der Waals surface area contributed by atoms with Gasteiger partial charge in [0.25, 0.3) is 0 Å². The molecule has 0 bridgehead atoms. The fourth-order valence-electron chi connectivity index (χ4n) is 3.07. The first kappa shape index (κ1) is 12.7. The predicted octanol–water partition coefficient (Wildman–Crippen LogP) is 2.01. The Morgan fingerprint density at radius 2 is 2.21 bits per heavy atom. The second-order valence-corrected chi connectivity index (χ2v) is 5.71. The van der Waals surface area contributed by atoms with Crippen molar-refractivity contribution in [2.24, 2.45) is 5.16 Å². The number of aryl methyl sites for hydroxylation is 2. The molecule has 1 aliphatic carbocycles. The second-order valence-electron chi connectivity index (χ2n) is 5.71. The summed E-state index contributed by atoms with van der Waals surface area (Å²) in [5.41, 5.74) is 2.91. The van der Waals surface area contributed by atoms with Crippen LogP contribution in [-0.4, -0.2) is 32.3 Å². The van der Waals surface area contributed by atoms with Crippen LogP contribution in [0.5, 0.6) is 0 Å². The first-order chi connectivity index (χ1) is 9.12. The van der Waals surface area contributed by atoms with E-state index in [1.54, 1.807) is 0 Å². The molecule has 19 heavy (non-hydrogen) atoms. The maximum atomic E-state index is 9.61. The van der Waals surface area contributed by atoms with Crippen molar-refractivity contribution < 1.29 is 9.94 Å². The van der Waals surface area contributed by atoms with Crippen molar-refractivity contribution in [3.05, 3.63) is 17.5 Å². The van der Waals surface area contributed by atoms with Crippen molar-refractivity contribution in [3.8, 4) is 0 Å². The predicted molar refractivity (Wildman–Crippen MR) is 72.1 cm³/mol. The standard InChI is InChI=1S/C14H21N3O2/c1-3-17-13(8-10(2)15-17)12-9-14(19-16-12)6-4-11(18)5-7-14/h8,11,18H,3-7,9H2,1-2H3. The third kappa shape index (κ3) is 2.27. The van der Waals surface area contributed by atoms with Gasteiger partial charge in [-0.25, -0.2) is 0 Å². The van der Waals surface area contributed by atoms with Crippen LogP contribution in [0.2, 0.25) is 0 Å². The molecule has 1 saturated carbocycles. The zero-order valence-corrected chi connectivity index (χ0v) is 11.6. The molecule has 2 heterocycles. The molecule has 1 aromatic rings. The smallest absolute Gasteiger partial charge is 0.143 e. The third-order valence-electron chi connectivity index (χ3n) is 4.20. The normalized spacial score (nSPS) is 30.5. The Balaban J connectivity index is 1.78. The second kappa shape index (κ2) is 4.63. The Morgan fingerprint density at radius 3 is 2.89 bits per heavy atom. The molecule has 1 spiro atoms. The molecule has 2 aliphatic rings. The van der Waals surface area contributed by atoms with E-state index in [0.29, 0.717) is 0 Å². The zero-order chi connectivity index (χ0) is 13.5. The van der Waals surface area contributed by atoms with Gasteiger partial charge in [0.15, 0.2) is 0 Å². The van der Waals surface area contributed by atoms with Gasteiger partial charge in [0, 0.05) is 13.0 Å². The summed E-state index contributed by atoms with van der Waals surface area (Å²) in [5, 5.41) is 18.4. The van der Waals surface area contributed by atoms with Crippen LogP contribution >= 0.6 is 0 Å². The summed E-state index contributed by atoms with van der Waals surface area (Å²) >= 11 is 0. The number of oxime groups is 1.